The van der Waals surface area contributed by atoms with Crippen LogP contribution in [0.3, 0.4) is 0 Å². The molecule has 1 N–H and O–H groups in total. The molecule has 0 radical (unpaired) electrons. The molecule has 1 fully saturated rings. The number of nitrogens with zero attached hydrogens (tertiary/aromatic N) is 3. The number of anilines is 1. The first-order valence-corrected chi connectivity index (χ1v) is 11.6. The van der Waals surface area contributed by atoms with Gasteiger partial charge >= 0.3 is 12.3 Å². The van der Waals surface area contributed by atoms with Gasteiger partial charge in [0.05, 0.1) is 42.1 Å². The van der Waals surface area contributed by atoms with Gasteiger partial charge in [0, 0.05) is 25.3 Å². The van der Waals surface area contributed by atoms with E-state index < -0.39 is 23.4 Å². The third kappa shape index (κ3) is 5.56. The summed E-state index contributed by atoms with van der Waals surface area (Å²) in [6.45, 7) is 6.58. The van der Waals surface area contributed by atoms with Crippen LogP contribution in [0.1, 0.15) is 32.0 Å². The molecule has 0 spiro atoms. The molecule has 2 unspecified atom stereocenters. The first-order chi connectivity index (χ1) is 16.5. The van der Waals surface area contributed by atoms with Crippen molar-refractivity contribution in [2.24, 2.45) is 0 Å². The van der Waals surface area contributed by atoms with Crippen LogP contribution in [-0.2, 0) is 28.6 Å². The molecule has 3 rings (SSSR count). The molecule has 0 aliphatic carbocycles. The Morgan fingerprint density at radius 3 is 2.51 bits per heavy atom. The molecule has 8 nitrogen and oxygen atoms in total. The minimum atomic E-state index is -4.54. The molecular weight excluding hydrogens is 489 g/mol. The second kappa shape index (κ2) is 10.9. The highest BCUT2D eigenvalue weighted by molar-refractivity contribution is 6.33. The second-order valence-electron chi connectivity index (χ2n) is 7.97. The highest BCUT2D eigenvalue weighted by Gasteiger charge is 2.37. The number of amides is 1. The molecule has 12 heteroatoms. The van der Waals surface area contributed by atoms with E-state index in [0.29, 0.717) is 25.3 Å². The van der Waals surface area contributed by atoms with Crippen LogP contribution in [-0.4, -0.2) is 59.5 Å². The zero-order valence-corrected chi connectivity index (χ0v) is 20.7. The summed E-state index contributed by atoms with van der Waals surface area (Å²) >= 11 is 6.20. The highest BCUT2D eigenvalue weighted by atomic mass is 35.5. The first kappa shape index (κ1) is 26.8. The minimum Gasteiger partial charge on any atom is -0.453 e. The number of hydrogen-bond acceptors (Lipinski definition) is 6. The molecule has 1 aromatic carbocycles. The predicted octanol–water partition coefficient (Wildman–Crippen LogP) is 4.43. The zero-order valence-electron chi connectivity index (χ0n) is 19.9. The fraction of sp³-hybridized carbons (Fsp3) is 0.522. The Morgan fingerprint density at radius 1 is 1.26 bits per heavy atom. The topological polar surface area (TPSA) is 85.7 Å². The molecule has 1 amide bonds. The molecule has 1 aromatic heterocycles. The number of nitrogens with one attached hydrogen (secondary N) is 1. The van der Waals surface area contributed by atoms with Crippen LogP contribution in [0.25, 0.3) is 11.4 Å². The number of carbonyl (C=O) groups is 1. The molecule has 0 bridgehead atoms. The fourth-order valence-electron chi connectivity index (χ4n) is 4.13. The monoisotopic (exact) mass is 516 g/mol. The van der Waals surface area contributed by atoms with Crippen molar-refractivity contribution >= 4 is 23.4 Å². The summed E-state index contributed by atoms with van der Waals surface area (Å²) in [6, 6.07) is 2.58. The Hall–Kier alpha value is -2.79. The van der Waals surface area contributed by atoms with Crippen molar-refractivity contribution in [3.05, 3.63) is 44.8 Å². The van der Waals surface area contributed by atoms with Gasteiger partial charge in [-0.05, 0) is 38.5 Å². The first-order valence-electron chi connectivity index (χ1n) is 11.3. The van der Waals surface area contributed by atoms with Crippen LogP contribution < -0.4 is 10.9 Å². The van der Waals surface area contributed by atoms with Crippen LogP contribution in [0, 0.1) is 0 Å². The number of halogens is 4. The molecule has 2 aromatic rings. The van der Waals surface area contributed by atoms with E-state index in [9.17, 15) is 22.8 Å². The van der Waals surface area contributed by atoms with E-state index in [1.165, 1.54) is 22.6 Å². The van der Waals surface area contributed by atoms with Crippen molar-refractivity contribution in [1.82, 2.24) is 14.5 Å². The van der Waals surface area contributed by atoms with Crippen molar-refractivity contribution in [2.45, 2.75) is 52.1 Å². The van der Waals surface area contributed by atoms with Gasteiger partial charge in [-0.15, -0.1) is 0 Å². The Kier molecular flexibility index (Phi) is 8.32. The Bertz CT molecular complexity index is 1140. The van der Waals surface area contributed by atoms with E-state index in [4.69, 9.17) is 21.1 Å². The van der Waals surface area contributed by atoms with Gasteiger partial charge in [0.2, 0.25) is 0 Å². The summed E-state index contributed by atoms with van der Waals surface area (Å²) in [7, 11) is 1.29. The third-order valence-corrected chi connectivity index (χ3v) is 6.15. The molecule has 2 atom stereocenters. The van der Waals surface area contributed by atoms with E-state index in [1.807, 2.05) is 13.8 Å². The van der Waals surface area contributed by atoms with Crippen molar-refractivity contribution < 1.29 is 27.4 Å². The Labute approximate surface area is 206 Å². The molecule has 192 valence electrons. The summed E-state index contributed by atoms with van der Waals surface area (Å²) in [6.07, 6.45) is -5.03. The van der Waals surface area contributed by atoms with E-state index in [2.05, 4.69) is 10.3 Å². The van der Waals surface area contributed by atoms with Gasteiger partial charge in [-0.25, -0.2) is 9.78 Å². The van der Waals surface area contributed by atoms with Crippen molar-refractivity contribution in [3.8, 4) is 11.4 Å². The van der Waals surface area contributed by atoms with E-state index in [-0.39, 0.29) is 47.3 Å². The quantitative estimate of drug-likeness (QED) is 0.586. The van der Waals surface area contributed by atoms with Crippen LogP contribution in [0.15, 0.2) is 23.0 Å². The average molecular weight is 517 g/mol. The number of benzene rings is 1. The van der Waals surface area contributed by atoms with Gasteiger partial charge in [-0.3, -0.25) is 9.36 Å². The van der Waals surface area contributed by atoms with Gasteiger partial charge < -0.3 is 19.7 Å². The van der Waals surface area contributed by atoms with Crippen molar-refractivity contribution in [1.29, 1.82) is 0 Å². The number of likely N-dealkylation sites (tertiary alicyclic amines) is 1. The van der Waals surface area contributed by atoms with Crippen LogP contribution >= 0.6 is 11.6 Å². The van der Waals surface area contributed by atoms with Crippen molar-refractivity contribution in [2.75, 3.05) is 32.1 Å². The van der Waals surface area contributed by atoms with Crippen molar-refractivity contribution in [3.63, 3.8) is 0 Å². The van der Waals surface area contributed by atoms with E-state index in [0.717, 1.165) is 12.1 Å². The van der Waals surface area contributed by atoms with Crippen LogP contribution in [0.4, 0.5) is 23.7 Å². The smallest absolute Gasteiger partial charge is 0.416 e. The highest BCUT2D eigenvalue weighted by Crippen LogP contribution is 2.35. The molecule has 0 saturated carbocycles. The number of aromatic nitrogens is 2. The van der Waals surface area contributed by atoms with Gasteiger partial charge in [-0.1, -0.05) is 18.5 Å². The summed E-state index contributed by atoms with van der Waals surface area (Å²) < 4.78 is 51.2. The molecule has 1 aliphatic rings. The molecule has 1 saturated heterocycles. The number of alkyl halides is 3. The summed E-state index contributed by atoms with van der Waals surface area (Å²) in [5.41, 5.74) is -0.370. The number of aryl methyl sites for hydroxylation is 1. The van der Waals surface area contributed by atoms with E-state index >= 15 is 0 Å². The largest absolute Gasteiger partial charge is 0.453 e. The number of ether oxygens (including phenoxy) is 2. The Balaban J connectivity index is 2.04. The van der Waals surface area contributed by atoms with Gasteiger partial charge in [0.15, 0.2) is 0 Å². The Morgan fingerprint density at radius 2 is 1.97 bits per heavy atom. The maximum absolute atomic E-state index is 13.5. The van der Waals surface area contributed by atoms with Gasteiger partial charge in [-0.2, -0.15) is 13.2 Å². The number of carbonyl (C=O) groups excluding carboxylic acids is 1. The zero-order chi connectivity index (χ0) is 25.9. The minimum absolute atomic E-state index is 0.155. The fourth-order valence-corrected chi connectivity index (χ4v) is 4.40. The normalized spacial score (nSPS) is 18.1. The summed E-state index contributed by atoms with van der Waals surface area (Å²) in [5.74, 6) is 0.183. The van der Waals surface area contributed by atoms with Crippen LogP contribution in [0.5, 0.6) is 0 Å². The number of rotatable bonds is 7. The van der Waals surface area contributed by atoms with Gasteiger partial charge in [0.25, 0.3) is 5.56 Å². The SMILES string of the molecule is CCOC1CN(C(=O)OC)CC1Nc1c(CC)nc(-c2ccc(C(F)(F)F)cc2Cl)n(CC)c1=O. The lowest BCUT2D eigenvalue weighted by atomic mass is 10.1. The average Bonchev–Trinajstić information content (AvgIpc) is 3.21. The molecule has 1 aliphatic heterocycles. The maximum atomic E-state index is 13.5. The molecular formula is C23H28ClF3N4O4. The standard InChI is InChI=1S/C23H28ClF3N4O4/c1-5-16-19(28-17-11-30(22(33)34-4)12-18(17)35-7-3)21(32)31(6-2)20(29-16)14-9-8-13(10-15(14)24)23(25,26)27/h8-10,17-18,28H,5-7,11-12H2,1-4H3. The summed E-state index contributed by atoms with van der Waals surface area (Å²) in [5, 5.41) is 3.06. The van der Waals surface area contributed by atoms with Gasteiger partial charge in [0.1, 0.15) is 11.5 Å². The maximum Gasteiger partial charge on any atom is 0.416 e. The summed E-state index contributed by atoms with van der Waals surface area (Å²) in [4.78, 5) is 31.7. The molecule has 2 heterocycles. The number of hydrogen-bond donors (Lipinski definition) is 1. The predicted molar refractivity (Wildman–Crippen MR) is 126 cm³/mol. The third-order valence-electron chi connectivity index (χ3n) is 5.84. The van der Waals surface area contributed by atoms with E-state index in [1.54, 1.807) is 6.92 Å². The lowest BCUT2D eigenvalue weighted by Gasteiger charge is -2.23. The second-order valence-corrected chi connectivity index (χ2v) is 8.38. The molecule has 35 heavy (non-hydrogen) atoms. The van der Waals surface area contributed by atoms with Crippen LogP contribution in [0.2, 0.25) is 5.02 Å². The lowest BCUT2D eigenvalue weighted by Crippen LogP contribution is -2.38. The lowest BCUT2D eigenvalue weighted by molar-refractivity contribution is -0.137. The number of methoxy groups -OCH3 is 1.